The monoisotopic (exact) mass is 526 g/mol. The molecule has 1 heterocycles. The molecule has 0 amide bonds. The fourth-order valence-corrected chi connectivity index (χ4v) is 3.10. The first-order chi connectivity index (χ1) is 13.6. The average Bonchev–Trinajstić information content (AvgIpc) is 2.69. The van der Waals surface area contributed by atoms with Crippen molar-refractivity contribution in [1.82, 2.24) is 15.5 Å². The maximum atomic E-state index is 13.5. The Balaban J connectivity index is 0.00000420. The van der Waals surface area contributed by atoms with E-state index in [-0.39, 0.29) is 36.3 Å². The molecule has 0 aromatic heterocycles. The van der Waals surface area contributed by atoms with Gasteiger partial charge < -0.3 is 25.0 Å². The van der Waals surface area contributed by atoms with E-state index in [0.717, 1.165) is 64.2 Å². The van der Waals surface area contributed by atoms with E-state index in [1.165, 1.54) is 12.1 Å². The molecule has 29 heavy (non-hydrogen) atoms. The van der Waals surface area contributed by atoms with Crippen LogP contribution in [0.15, 0.2) is 23.2 Å². The van der Waals surface area contributed by atoms with Crippen molar-refractivity contribution in [2.75, 3.05) is 59.6 Å². The topological polar surface area (TPSA) is 58.1 Å². The van der Waals surface area contributed by atoms with E-state index in [1.54, 1.807) is 7.11 Å². The van der Waals surface area contributed by atoms with Crippen LogP contribution in [0.5, 0.6) is 5.75 Å². The average molecular weight is 526 g/mol. The maximum absolute atomic E-state index is 13.5. The number of piperidine rings is 1. The summed E-state index contributed by atoms with van der Waals surface area (Å²) in [7, 11) is 1.73. The van der Waals surface area contributed by atoms with Crippen LogP contribution in [0, 0.1) is 17.6 Å². The summed E-state index contributed by atoms with van der Waals surface area (Å²) in [6.45, 7) is 8.22. The van der Waals surface area contributed by atoms with Crippen LogP contribution in [0.1, 0.15) is 19.8 Å². The van der Waals surface area contributed by atoms with Gasteiger partial charge in [0.05, 0.1) is 13.2 Å². The van der Waals surface area contributed by atoms with Gasteiger partial charge in [-0.1, -0.05) is 0 Å². The summed E-state index contributed by atoms with van der Waals surface area (Å²) in [5.41, 5.74) is 0. The van der Waals surface area contributed by atoms with E-state index in [4.69, 9.17) is 9.47 Å². The van der Waals surface area contributed by atoms with Crippen LogP contribution in [0.2, 0.25) is 0 Å². The van der Waals surface area contributed by atoms with E-state index in [1.807, 2.05) is 6.92 Å². The molecule has 0 bridgehead atoms. The lowest BCUT2D eigenvalue weighted by Gasteiger charge is -2.31. The van der Waals surface area contributed by atoms with Crippen LogP contribution in [0.25, 0.3) is 0 Å². The van der Waals surface area contributed by atoms with Crippen molar-refractivity contribution in [3.05, 3.63) is 29.8 Å². The Hall–Kier alpha value is -1.20. The zero-order valence-electron chi connectivity index (χ0n) is 17.3. The molecule has 9 heteroatoms. The molecule has 0 unspecified atom stereocenters. The van der Waals surface area contributed by atoms with Crippen LogP contribution in [-0.4, -0.2) is 70.5 Å². The molecule has 0 spiro atoms. The Kier molecular flexibility index (Phi) is 13.1. The van der Waals surface area contributed by atoms with E-state index >= 15 is 0 Å². The summed E-state index contributed by atoms with van der Waals surface area (Å²) in [6.07, 6.45) is 2.28. The molecule has 2 N–H and O–H groups in total. The van der Waals surface area contributed by atoms with Crippen molar-refractivity contribution in [3.8, 4) is 5.75 Å². The first kappa shape index (κ1) is 25.8. The fourth-order valence-electron chi connectivity index (χ4n) is 3.10. The lowest BCUT2D eigenvalue weighted by Crippen LogP contribution is -2.40. The molecular formula is C20H33F2IN4O2. The number of guanidine groups is 1. The number of aliphatic imine (C=N–C) groups is 1. The van der Waals surface area contributed by atoms with Crippen molar-refractivity contribution in [3.63, 3.8) is 0 Å². The van der Waals surface area contributed by atoms with Gasteiger partial charge in [-0.2, -0.15) is 0 Å². The van der Waals surface area contributed by atoms with Crippen molar-refractivity contribution in [2.24, 2.45) is 10.9 Å². The summed E-state index contributed by atoms with van der Waals surface area (Å²) in [5.74, 6) is 0.0446. The minimum absolute atomic E-state index is 0. The minimum atomic E-state index is -0.697. The maximum Gasteiger partial charge on any atom is 0.191 e. The van der Waals surface area contributed by atoms with Crippen molar-refractivity contribution in [1.29, 1.82) is 0 Å². The highest BCUT2D eigenvalue weighted by atomic mass is 127. The van der Waals surface area contributed by atoms with Gasteiger partial charge in [-0.15, -0.1) is 24.0 Å². The van der Waals surface area contributed by atoms with Gasteiger partial charge in [-0.25, -0.2) is 8.78 Å². The van der Waals surface area contributed by atoms with Gasteiger partial charge in [0.2, 0.25) is 0 Å². The lowest BCUT2D eigenvalue weighted by molar-refractivity contribution is 0.121. The molecule has 0 radical (unpaired) electrons. The van der Waals surface area contributed by atoms with Crippen LogP contribution in [0.4, 0.5) is 8.78 Å². The Morgan fingerprint density at radius 2 is 1.97 bits per heavy atom. The Morgan fingerprint density at radius 3 is 2.62 bits per heavy atom. The van der Waals surface area contributed by atoms with Crippen LogP contribution < -0.4 is 15.4 Å². The standard InChI is InChI=1S/C20H32F2N4O2.HI/c1-3-23-20(24-8-12-28-19-5-4-17(21)14-18(19)22)25-15-16-6-9-26(10-7-16)11-13-27-2;/h4-5,14,16H,3,6-13,15H2,1-2H3,(H2,23,24,25);1H. The van der Waals surface area contributed by atoms with Crippen LogP contribution >= 0.6 is 24.0 Å². The molecule has 1 saturated heterocycles. The summed E-state index contributed by atoms with van der Waals surface area (Å²) in [6, 6.07) is 3.29. The SMILES string of the molecule is CCNC(=NCC1CCN(CCOC)CC1)NCCOc1ccc(F)cc1F.I. The second kappa shape index (κ2) is 14.7. The first-order valence-electron chi connectivity index (χ1n) is 9.93. The molecule has 166 valence electrons. The highest BCUT2D eigenvalue weighted by molar-refractivity contribution is 14.0. The smallest absolute Gasteiger partial charge is 0.191 e. The predicted molar refractivity (Wildman–Crippen MR) is 122 cm³/mol. The predicted octanol–water partition coefficient (Wildman–Crippen LogP) is 2.88. The number of halogens is 3. The van der Waals surface area contributed by atoms with Crippen molar-refractivity contribution in [2.45, 2.75) is 19.8 Å². The van der Waals surface area contributed by atoms with Gasteiger partial charge in [0.25, 0.3) is 0 Å². The van der Waals surface area contributed by atoms with Crippen LogP contribution in [-0.2, 0) is 4.74 Å². The molecule has 1 aromatic carbocycles. The number of methoxy groups -OCH3 is 1. The number of rotatable bonds is 10. The molecule has 2 rings (SSSR count). The molecule has 1 aliphatic heterocycles. The summed E-state index contributed by atoms with van der Waals surface area (Å²) >= 11 is 0. The molecule has 0 saturated carbocycles. The Morgan fingerprint density at radius 1 is 1.21 bits per heavy atom. The number of nitrogens with one attached hydrogen (secondary N) is 2. The van der Waals surface area contributed by atoms with Crippen molar-refractivity contribution < 1.29 is 18.3 Å². The van der Waals surface area contributed by atoms with E-state index in [2.05, 4.69) is 20.5 Å². The number of likely N-dealkylation sites (tertiary alicyclic amines) is 1. The normalized spacial score (nSPS) is 15.7. The lowest BCUT2D eigenvalue weighted by atomic mass is 9.97. The van der Waals surface area contributed by atoms with Gasteiger partial charge in [0.15, 0.2) is 17.5 Å². The minimum Gasteiger partial charge on any atom is -0.489 e. The van der Waals surface area contributed by atoms with E-state index in [0.29, 0.717) is 12.5 Å². The molecular weight excluding hydrogens is 493 g/mol. The number of hydrogen-bond acceptors (Lipinski definition) is 4. The quantitative estimate of drug-likeness (QED) is 0.213. The van der Waals surface area contributed by atoms with Gasteiger partial charge in [-0.3, -0.25) is 4.99 Å². The fraction of sp³-hybridized carbons (Fsp3) is 0.650. The van der Waals surface area contributed by atoms with Crippen LogP contribution in [0.3, 0.4) is 0 Å². The van der Waals surface area contributed by atoms with Gasteiger partial charge in [-0.05, 0) is 50.9 Å². The number of ether oxygens (including phenoxy) is 2. The molecule has 6 nitrogen and oxygen atoms in total. The molecule has 0 aliphatic carbocycles. The summed E-state index contributed by atoms with van der Waals surface area (Å²) < 4.78 is 36.9. The van der Waals surface area contributed by atoms with Gasteiger partial charge in [0.1, 0.15) is 12.4 Å². The number of hydrogen-bond donors (Lipinski definition) is 2. The molecule has 0 atom stereocenters. The molecule has 1 aliphatic rings. The zero-order valence-corrected chi connectivity index (χ0v) is 19.6. The third kappa shape index (κ3) is 9.90. The van der Waals surface area contributed by atoms with Gasteiger partial charge in [0, 0.05) is 32.8 Å². The van der Waals surface area contributed by atoms with Gasteiger partial charge >= 0.3 is 0 Å². The Bertz CT molecular complexity index is 614. The zero-order chi connectivity index (χ0) is 20.2. The second-order valence-electron chi connectivity index (χ2n) is 6.85. The highest BCUT2D eigenvalue weighted by Crippen LogP contribution is 2.18. The number of benzene rings is 1. The summed E-state index contributed by atoms with van der Waals surface area (Å²) in [5, 5.41) is 6.40. The summed E-state index contributed by atoms with van der Waals surface area (Å²) in [4.78, 5) is 7.10. The molecule has 1 fully saturated rings. The largest absolute Gasteiger partial charge is 0.489 e. The second-order valence-corrected chi connectivity index (χ2v) is 6.85. The first-order valence-corrected chi connectivity index (χ1v) is 9.93. The van der Waals surface area contributed by atoms with Crippen molar-refractivity contribution >= 4 is 29.9 Å². The third-order valence-corrected chi connectivity index (χ3v) is 4.72. The number of nitrogens with zero attached hydrogens (tertiary/aromatic N) is 2. The molecule has 1 aromatic rings. The Labute approximate surface area is 189 Å². The highest BCUT2D eigenvalue weighted by Gasteiger charge is 2.18. The van der Waals surface area contributed by atoms with E-state index < -0.39 is 11.6 Å². The third-order valence-electron chi connectivity index (χ3n) is 4.72. The van der Waals surface area contributed by atoms with E-state index in [9.17, 15) is 8.78 Å².